The molecule has 0 amide bonds. The standard InChI is InChI=1S/C8H5Cl3F2O/c9-3-1-2-4(12)6(13)5(3)7(14)8(10)11/h1-2,7-8,14H. The maximum Gasteiger partial charge on any atom is 0.166 e. The molecule has 0 heterocycles. The molecule has 1 unspecified atom stereocenters. The topological polar surface area (TPSA) is 20.2 Å². The van der Waals surface area contributed by atoms with Crippen LogP contribution in [-0.4, -0.2) is 9.94 Å². The second-order valence-corrected chi connectivity index (χ2v) is 4.11. The molecule has 1 atom stereocenters. The third-order valence-corrected chi connectivity index (χ3v) is 2.42. The maximum absolute atomic E-state index is 13.1. The summed E-state index contributed by atoms with van der Waals surface area (Å²) in [5.41, 5.74) is -0.429. The van der Waals surface area contributed by atoms with Crippen molar-refractivity contribution in [2.75, 3.05) is 0 Å². The Morgan fingerprint density at radius 2 is 1.79 bits per heavy atom. The molecule has 6 heteroatoms. The summed E-state index contributed by atoms with van der Waals surface area (Å²) in [6.45, 7) is 0. The summed E-state index contributed by atoms with van der Waals surface area (Å²) in [5, 5.41) is 9.21. The van der Waals surface area contributed by atoms with Gasteiger partial charge in [0, 0.05) is 10.6 Å². The molecule has 1 nitrogen and oxygen atoms in total. The maximum atomic E-state index is 13.1. The van der Waals surface area contributed by atoms with E-state index in [2.05, 4.69) is 0 Å². The second kappa shape index (κ2) is 4.62. The van der Waals surface area contributed by atoms with Gasteiger partial charge in [0.15, 0.2) is 11.6 Å². The fraction of sp³-hybridized carbons (Fsp3) is 0.250. The van der Waals surface area contributed by atoms with Gasteiger partial charge in [-0.3, -0.25) is 0 Å². The van der Waals surface area contributed by atoms with Gasteiger partial charge in [-0.15, -0.1) is 23.2 Å². The summed E-state index contributed by atoms with van der Waals surface area (Å²) in [6.07, 6.45) is -1.55. The minimum atomic E-state index is -1.55. The predicted octanol–water partition coefficient (Wildman–Crippen LogP) is 3.46. The van der Waals surface area contributed by atoms with Gasteiger partial charge in [-0.05, 0) is 12.1 Å². The van der Waals surface area contributed by atoms with Crippen LogP contribution >= 0.6 is 34.8 Å². The Morgan fingerprint density at radius 3 is 2.29 bits per heavy atom. The van der Waals surface area contributed by atoms with Gasteiger partial charge in [-0.1, -0.05) is 11.6 Å². The molecular weight excluding hydrogens is 256 g/mol. The summed E-state index contributed by atoms with van der Waals surface area (Å²) >= 11 is 16.2. The van der Waals surface area contributed by atoms with Crippen LogP contribution in [0.25, 0.3) is 0 Å². The van der Waals surface area contributed by atoms with Crippen molar-refractivity contribution < 1.29 is 13.9 Å². The Kier molecular flexibility index (Phi) is 3.95. The molecule has 0 aliphatic heterocycles. The van der Waals surface area contributed by atoms with E-state index < -0.39 is 28.1 Å². The van der Waals surface area contributed by atoms with Crippen molar-refractivity contribution in [3.63, 3.8) is 0 Å². The van der Waals surface area contributed by atoms with E-state index >= 15 is 0 Å². The first-order chi connectivity index (χ1) is 6.45. The van der Waals surface area contributed by atoms with Gasteiger partial charge in [0.05, 0.1) is 0 Å². The molecule has 14 heavy (non-hydrogen) atoms. The van der Waals surface area contributed by atoms with Crippen molar-refractivity contribution in [1.82, 2.24) is 0 Å². The average Bonchev–Trinajstić information content (AvgIpc) is 2.12. The van der Waals surface area contributed by atoms with E-state index in [0.29, 0.717) is 0 Å². The zero-order valence-electron chi connectivity index (χ0n) is 6.65. The first-order valence-electron chi connectivity index (χ1n) is 3.54. The molecule has 0 saturated carbocycles. The van der Waals surface area contributed by atoms with Crippen molar-refractivity contribution in [1.29, 1.82) is 0 Å². The van der Waals surface area contributed by atoms with Gasteiger partial charge in [0.1, 0.15) is 10.9 Å². The summed E-state index contributed by atoms with van der Waals surface area (Å²) in [4.78, 5) is -1.27. The number of aliphatic hydroxyl groups excluding tert-OH is 1. The minimum Gasteiger partial charge on any atom is -0.385 e. The largest absolute Gasteiger partial charge is 0.385 e. The van der Waals surface area contributed by atoms with Crippen LogP contribution in [0.2, 0.25) is 5.02 Å². The van der Waals surface area contributed by atoms with E-state index in [-0.39, 0.29) is 5.02 Å². The van der Waals surface area contributed by atoms with Crippen molar-refractivity contribution in [3.05, 3.63) is 34.4 Å². The first kappa shape index (κ1) is 12.0. The average molecular weight is 261 g/mol. The van der Waals surface area contributed by atoms with Gasteiger partial charge in [0.25, 0.3) is 0 Å². The zero-order valence-corrected chi connectivity index (χ0v) is 8.91. The second-order valence-electron chi connectivity index (χ2n) is 2.54. The molecule has 0 saturated heterocycles. The number of alkyl halides is 2. The lowest BCUT2D eigenvalue weighted by atomic mass is 10.1. The van der Waals surface area contributed by atoms with E-state index in [4.69, 9.17) is 34.8 Å². The van der Waals surface area contributed by atoms with Gasteiger partial charge in [-0.2, -0.15) is 0 Å². The third-order valence-electron chi connectivity index (χ3n) is 1.61. The Morgan fingerprint density at radius 1 is 1.21 bits per heavy atom. The van der Waals surface area contributed by atoms with Crippen LogP contribution in [0.3, 0.4) is 0 Å². The number of aliphatic hydroxyl groups is 1. The molecule has 0 spiro atoms. The van der Waals surface area contributed by atoms with Crippen LogP contribution in [0.5, 0.6) is 0 Å². The van der Waals surface area contributed by atoms with Crippen LogP contribution in [0.15, 0.2) is 12.1 Å². The van der Waals surface area contributed by atoms with E-state index in [1.807, 2.05) is 0 Å². The van der Waals surface area contributed by atoms with Gasteiger partial charge < -0.3 is 5.11 Å². The van der Waals surface area contributed by atoms with Gasteiger partial charge >= 0.3 is 0 Å². The molecule has 1 rings (SSSR count). The Labute approximate surface area is 94.2 Å². The molecule has 1 N–H and O–H groups in total. The molecule has 0 fully saturated rings. The van der Waals surface area contributed by atoms with E-state index in [9.17, 15) is 13.9 Å². The highest BCUT2D eigenvalue weighted by Gasteiger charge is 2.24. The number of benzene rings is 1. The molecule has 1 aromatic carbocycles. The van der Waals surface area contributed by atoms with Gasteiger partial charge in [0.2, 0.25) is 0 Å². The highest BCUT2D eigenvalue weighted by molar-refractivity contribution is 6.44. The summed E-state index contributed by atoms with van der Waals surface area (Å²) in [7, 11) is 0. The van der Waals surface area contributed by atoms with Crippen LogP contribution in [0, 0.1) is 11.6 Å². The molecule has 0 aliphatic rings. The number of hydrogen-bond donors (Lipinski definition) is 1. The Bertz CT molecular complexity index is 344. The van der Waals surface area contributed by atoms with Crippen LogP contribution in [-0.2, 0) is 0 Å². The molecule has 0 aliphatic carbocycles. The lowest BCUT2D eigenvalue weighted by Crippen LogP contribution is -2.10. The normalized spacial score (nSPS) is 13.4. The smallest absolute Gasteiger partial charge is 0.166 e. The first-order valence-corrected chi connectivity index (χ1v) is 4.80. The van der Waals surface area contributed by atoms with E-state index in [1.54, 1.807) is 0 Å². The Hall–Kier alpha value is -0.0900. The van der Waals surface area contributed by atoms with Crippen LogP contribution in [0.1, 0.15) is 11.7 Å². The minimum absolute atomic E-state index is 0.122. The third kappa shape index (κ3) is 2.28. The fourth-order valence-electron chi connectivity index (χ4n) is 0.940. The van der Waals surface area contributed by atoms with Gasteiger partial charge in [-0.25, -0.2) is 8.78 Å². The molecule has 0 radical (unpaired) electrons. The molecule has 0 aromatic heterocycles. The van der Waals surface area contributed by atoms with E-state index in [0.717, 1.165) is 12.1 Å². The zero-order chi connectivity index (χ0) is 10.9. The summed E-state index contributed by atoms with van der Waals surface area (Å²) in [5.74, 6) is -2.35. The SMILES string of the molecule is OC(c1c(Cl)ccc(F)c1F)C(Cl)Cl. The van der Waals surface area contributed by atoms with Crippen LogP contribution in [0.4, 0.5) is 8.78 Å². The molecular formula is C8H5Cl3F2O. The Balaban J connectivity index is 3.25. The number of rotatable bonds is 2. The highest BCUT2D eigenvalue weighted by atomic mass is 35.5. The van der Waals surface area contributed by atoms with Crippen LogP contribution < -0.4 is 0 Å². The van der Waals surface area contributed by atoms with Crippen molar-refractivity contribution in [3.8, 4) is 0 Å². The predicted molar refractivity (Wildman–Crippen MR) is 51.8 cm³/mol. The van der Waals surface area contributed by atoms with Crippen molar-refractivity contribution >= 4 is 34.8 Å². The summed E-state index contributed by atoms with van der Waals surface area (Å²) < 4.78 is 25.9. The lowest BCUT2D eigenvalue weighted by Gasteiger charge is -2.14. The quantitative estimate of drug-likeness (QED) is 0.638. The molecule has 1 aromatic rings. The number of halogens is 5. The monoisotopic (exact) mass is 260 g/mol. The molecule has 0 bridgehead atoms. The highest BCUT2D eigenvalue weighted by Crippen LogP contribution is 2.32. The number of hydrogen-bond acceptors (Lipinski definition) is 1. The fourth-order valence-corrected chi connectivity index (χ4v) is 1.45. The lowest BCUT2D eigenvalue weighted by molar-refractivity contribution is 0.186. The van der Waals surface area contributed by atoms with Crippen molar-refractivity contribution in [2.45, 2.75) is 10.9 Å². The van der Waals surface area contributed by atoms with Crippen molar-refractivity contribution in [2.24, 2.45) is 0 Å². The molecule has 78 valence electrons. The summed E-state index contributed by atoms with van der Waals surface area (Å²) in [6, 6.07) is 1.97. The van der Waals surface area contributed by atoms with E-state index in [1.165, 1.54) is 0 Å².